The van der Waals surface area contributed by atoms with Gasteiger partial charge < -0.3 is 19.9 Å². The van der Waals surface area contributed by atoms with Gasteiger partial charge in [0.1, 0.15) is 5.82 Å². The summed E-state index contributed by atoms with van der Waals surface area (Å²) >= 11 is 0. The minimum absolute atomic E-state index is 0.117. The second-order valence-electron chi connectivity index (χ2n) is 4.23. The number of hydrogen-bond acceptors (Lipinski definition) is 4. The van der Waals surface area contributed by atoms with Gasteiger partial charge in [-0.25, -0.2) is 9.18 Å². The summed E-state index contributed by atoms with van der Waals surface area (Å²) in [7, 11) is 0. The van der Waals surface area contributed by atoms with Crippen LogP contribution in [0.4, 0.5) is 15.8 Å². The molecule has 0 saturated heterocycles. The smallest absolute Gasteiger partial charge is 0.335 e. The molecule has 1 aliphatic rings. The van der Waals surface area contributed by atoms with Gasteiger partial charge in [-0.05, 0) is 30.3 Å². The molecule has 3 rings (SSSR count). The fourth-order valence-corrected chi connectivity index (χ4v) is 1.93. The SMILES string of the molecule is O=C(O)c1cc(F)cc(Nc2ccc3c(c2)OCO3)c1. The number of nitrogens with one attached hydrogen (secondary N) is 1. The Hall–Kier alpha value is -2.76. The predicted octanol–water partition coefficient (Wildman–Crippen LogP) is 3.00. The summed E-state index contributed by atoms with van der Waals surface area (Å²) in [5.41, 5.74) is 0.880. The summed E-state index contributed by atoms with van der Waals surface area (Å²) in [5.74, 6) is -0.572. The zero-order valence-corrected chi connectivity index (χ0v) is 10.2. The molecule has 1 heterocycles. The molecule has 0 saturated carbocycles. The molecule has 102 valence electrons. The third kappa shape index (κ3) is 2.35. The minimum Gasteiger partial charge on any atom is -0.478 e. The molecule has 0 unspecified atom stereocenters. The van der Waals surface area contributed by atoms with Gasteiger partial charge in [0.15, 0.2) is 11.5 Å². The lowest BCUT2D eigenvalue weighted by atomic mass is 10.2. The van der Waals surface area contributed by atoms with E-state index >= 15 is 0 Å². The third-order valence-electron chi connectivity index (χ3n) is 2.81. The number of fused-ring (bicyclic) bond motifs is 1. The van der Waals surface area contributed by atoms with Gasteiger partial charge in [-0.3, -0.25) is 0 Å². The Morgan fingerprint density at radius 3 is 2.70 bits per heavy atom. The Morgan fingerprint density at radius 2 is 1.90 bits per heavy atom. The Bertz CT molecular complexity index is 687. The van der Waals surface area contributed by atoms with Crippen LogP contribution in [0.5, 0.6) is 11.5 Å². The number of anilines is 2. The van der Waals surface area contributed by atoms with Crippen molar-refractivity contribution < 1.29 is 23.8 Å². The number of benzene rings is 2. The molecule has 0 radical (unpaired) electrons. The Balaban J connectivity index is 1.89. The first-order valence-electron chi connectivity index (χ1n) is 5.82. The number of carboxylic acid groups (broad SMARTS) is 1. The Kier molecular flexibility index (Phi) is 2.90. The summed E-state index contributed by atoms with van der Waals surface area (Å²) in [6.07, 6.45) is 0. The van der Waals surface area contributed by atoms with Crippen LogP contribution in [-0.2, 0) is 0 Å². The van der Waals surface area contributed by atoms with Gasteiger partial charge >= 0.3 is 5.97 Å². The Labute approximate surface area is 113 Å². The highest BCUT2D eigenvalue weighted by molar-refractivity contribution is 5.89. The molecule has 2 aromatic carbocycles. The first kappa shape index (κ1) is 12.3. The predicted molar refractivity (Wildman–Crippen MR) is 69.2 cm³/mol. The molecule has 0 aromatic heterocycles. The van der Waals surface area contributed by atoms with Crippen molar-refractivity contribution in [3.05, 3.63) is 47.8 Å². The van der Waals surface area contributed by atoms with Crippen molar-refractivity contribution in [1.29, 1.82) is 0 Å². The zero-order valence-electron chi connectivity index (χ0n) is 10.2. The van der Waals surface area contributed by atoms with Crippen LogP contribution in [0, 0.1) is 5.82 Å². The van der Waals surface area contributed by atoms with Crippen LogP contribution in [-0.4, -0.2) is 17.9 Å². The van der Waals surface area contributed by atoms with Crippen LogP contribution in [0.15, 0.2) is 36.4 Å². The summed E-state index contributed by atoms with van der Waals surface area (Å²) < 4.78 is 23.8. The highest BCUT2D eigenvalue weighted by Crippen LogP contribution is 2.35. The summed E-state index contributed by atoms with van der Waals surface area (Å²) in [4.78, 5) is 10.9. The molecule has 0 amide bonds. The van der Waals surface area contributed by atoms with Crippen molar-refractivity contribution in [3.63, 3.8) is 0 Å². The largest absolute Gasteiger partial charge is 0.478 e. The van der Waals surface area contributed by atoms with Crippen LogP contribution in [0.25, 0.3) is 0 Å². The molecular formula is C14H10FNO4. The van der Waals surface area contributed by atoms with E-state index in [0.717, 1.165) is 6.07 Å². The molecule has 0 fully saturated rings. The van der Waals surface area contributed by atoms with E-state index in [9.17, 15) is 9.18 Å². The minimum atomic E-state index is -1.18. The summed E-state index contributed by atoms with van der Waals surface area (Å²) in [6.45, 7) is 0.169. The van der Waals surface area contributed by atoms with Gasteiger partial charge in [0, 0.05) is 17.4 Å². The molecule has 20 heavy (non-hydrogen) atoms. The highest BCUT2D eigenvalue weighted by atomic mass is 19.1. The van der Waals surface area contributed by atoms with Crippen molar-refractivity contribution in [2.45, 2.75) is 0 Å². The number of rotatable bonds is 3. The molecule has 0 aliphatic carbocycles. The van der Waals surface area contributed by atoms with Crippen LogP contribution in [0.3, 0.4) is 0 Å². The van der Waals surface area contributed by atoms with E-state index in [0.29, 0.717) is 22.9 Å². The molecule has 0 spiro atoms. The van der Waals surface area contributed by atoms with Gasteiger partial charge in [-0.1, -0.05) is 0 Å². The fraction of sp³-hybridized carbons (Fsp3) is 0.0714. The molecular weight excluding hydrogens is 265 g/mol. The van der Waals surface area contributed by atoms with Gasteiger partial charge in [-0.2, -0.15) is 0 Å². The van der Waals surface area contributed by atoms with E-state index in [1.165, 1.54) is 12.1 Å². The van der Waals surface area contributed by atoms with Crippen molar-refractivity contribution in [3.8, 4) is 11.5 Å². The number of aromatic carboxylic acids is 1. The molecule has 0 bridgehead atoms. The number of halogens is 1. The van der Waals surface area contributed by atoms with Gasteiger partial charge in [0.25, 0.3) is 0 Å². The maximum absolute atomic E-state index is 13.4. The topological polar surface area (TPSA) is 67.8 Å². The van der Waals surface area contributed by atoms with E-state index < -0.39 is 11.8 Å². The molecule has 2 aromatic rings. The number of hydrogen-bond donors (Lipinski definition) is 2. The second kappa shape index (κ2) is 4.73. The summed E-state index contributed by atoms with van der Waals surface area (Å²) in [5, 5.41) is 11.8. The number of ether oxygens (including phenoxy) is 2. The van der Waals surface area contributed by atoms with Crippen LogP contribution >= 0.6 is 0 Å². The first-order chi connectivity index (χ1) is 9.61. The zero-order chi connectivity index (χ0) is 14.1. The van der Waals surface area contributed by atoms with Crippen molar-refractivity contribution in [2.24, 2.45) is 0 Å². The second-order valence-corrected chi connectivity index (χ2v) is 4.23. The van der Waals surface area contributed by atoms with E-state index in [-0.39, 0.29) is 12.4 Å². The fourth-order valence-electron chi connectivity index (χ4n) is 1.93. The van der Waals surface area contributed by atoms with E-state index in [2.05, 4.69) is 5.32 Å². The van der Waals surface area contributed by atoms with Crippen molar-refractivity contribution in [2.75, 3.05) is 12.1 Å². The Morgan fingerprint density at radius 1 is 1.10 bits per heavy atom. The molecule has 5 nitrogen and oxygen atoms in total. The van der Waals surface area contributed by atoms with Crippen LogP contribution < -0.4 is 14.8 Å². The molecule has 0 atom stereocenters. The highest BCUT2D eigenvalue weighted by Gasteiger charge is 2.13. The first-order valence-corrected chi connectivity index (χ1v) is 5.82. The number of carbonyl (C=O) groups is 1. The molecule has 6 heteroatoms. The average Bonchev–Trinajstić information content (AvgIpc) is 2.85. The normalized spacial score (nSPS) is 12.2. The monoisotopic (exact) mass is 275 g/mol. The standard InChI is InChI=1S/C14H10FNO4/c15-9-3-8(14(17)18)4-11(5-9)16-10-1-2-12-13(6-10)20-7-19-12/h1-6,16H,7H2,(H,17,18). The summed E-state index contributed by atoms with van der Waals surface area (Å²) in [6, 6.07) is 8.70. The molecule has 1 aliphatic heterocycles. The quantitative estimate of drug-likeness (QED) is 0.901. The van der Waals surface area contributed by atoms with Crippen LogP contribution in [0.2, 0.25) is 0 Å². The maximum Gasteiger partial charge on any atom is 0.335 e. The van der Waals surface area contributed by atoms with E-state index in [1.54, 1.807) is 18.2 Å². The van der Waals surface area contributed by atoms with E-state index in [1.807, 2.05) is 0 Å². The van der Waals surface area contributed by atoms with Gasteiger partial charge in [0.2, 0.25) is 6.79 Å². The molecule has 2 N–H and O–H groups in total. The lowest BCUT2D eigenvalue weighted by Gasteiger charge is -2.08. The van der Waals surface area contributed by atoms with Crippen molar-refractivity contribution >= 4 is 17.3 Å². The lowest BCUT2D eigenvalue weighted by Crippen LogP contribution is -1.99. The van der Waals surface area contributed by atoms with Gasteiger partial charge in [-0.15, -0.1) is 0 Å². The van der Waals surface area contributed by atoms with E-state index in [4.69, 9.17) is 14.6 Å². The maximum atomic E-state index is 13.4. The lowest BCUT2D eigenvalue weighted by molar-refractivity contribution is 0.0696. The number of carboxylic acids is 1. The van der Waals surface area contributed by atoms with Crippen molar-refractivity contribution in [1.82, 2.24) is 0 Å². The van der Waals surface area contributed by atoms with Gasteiger partial charge in [0.05, 0.1) is 5.56 Å². The van der Waals surface area contributed by atoms with Crippen LogP contribution in [0.1, 0.15) is 10.4 Å². The third-order valence-corrected chi connectivity index (χ3v) is 2.81. The average molecular weight is 275 g/mol.